The summed E-state index contributed by atoms with van der Waals surface area (Å²) in [4.78, 5) is 16.6. The highest BCUT2D eigenvalue weighted by Gasteiger charge is 2.47. The average molecular weight is 512 g/mol. The standard InChI is InChI=1S/C32H46FNO3/c1-3-5-6-7-8-10-13-26-16-21-30(34-23-26)27-17-19-29(20-18-27)37-24-25(4-2)22-32(33,31(35)36)28-14-11-9-12-15-28/h16-21,23,25,28H,3-15,22,24H2,1-2H3,(H,35,36)/t25?,32-/m0/s1. The van der Waals surface area contributed by atoms with Crippen molar-refractivity contribution in [3.8, 4) is 17.0 Å². The molecule has 0 radical (unpaired) electrons. The molecule has 0 bridgehead atoms. The molecule has 1 aliphatic carbocycles. The summed E-state index contributed by atoms with van der Waals surface area (Å²) in [6, 6.07) is 12.1. The fourth-order valence-corrected chi connectivity index (χ4v) is 5.52. The van der Waals surface area contributed by atoms with E-state index >= 15 is 4.39 Å². The lowest BCUT2D eigenvalue weighted by Gasteiger charge is -2.35. The van der Waals surface area contributed by atoms with E-state index in [9.17, 15) is 9.90 Å². The second kappa shape index (κ2) is 15.1. The van der Waals surface area contributed by atoms with Crippen LogP contribution in [0.4, 0.5) is 4.39 Å². The summed E-state index contributed by atoms with van der Waals surface area (Å²) in [7, 11) is 0. The van der Waals surface area contributed by atoms with Crippen LogP contribution >= 0.6 is 0 Å². The van der Waals surface area contributed by atoms with Crippen LogP contribution in [-0.2, 0) is 11.2 Å². The number of rotatable bonds is 16. The Morgan fingerprint density at radius 1 is 1.03 bits per heavy atom. The summed E-state index contributed by atoms with van der Waals surface area (Å²) >= 11 is 0. The Morgan fingerprint density at radius 2 is 1.73 bits per heavy atom. The van der Waals surface area contributed by atoms with Gasteiger partial charge in [-0.05, 0) is 80.3 Å². The van der Waals surface area contributed by atoms with E-state index in [1.54, 1.807) is 0 Å². The third-order valence-corrected chi connectivity index (χ3v) is 8.05. The van der Waals surface area contributed by atoms with Crippen molar-refractivity contribution in [2.45, 2.75) is 109 Å². The van der Waals surface area contributed by atoms with Gasteiger partial charge in [0.1, 0.15) is 5.75 Å². The highest BCUT2D eigenvalue weighted by molar-refractivity contribution is 5.77. The van der Waals surface area contributed by atoms with E-state index in [1.165, 1.54) is 44.1 Å². The maximum atomic E-state index is 15.7. The van der Waals surface area contributed by atoms with Gasteiger partial charge in [0, 0.05) is 17.7 Å². The Morgan fingerprint density at radius 3 is 2.35 bits per heavy atom. The highest BCUT2D eigenvalue weighted by atomic mass is 19.1. The van der Waals surface area contributed by atoms with E-state index in [4.69, 9.17) is 4.74 Å². The third-order valence-electron chi connectivity index (χ3n) is 8.05. The second-order valence-electron chi connectivity index (χ2n) is 10.9. The van der Waals surface area contributed by atoms with Crippen LogP contribution in [0, 0.1) is 11.8 Å². The summed E-state index contributed by atoms with van der Waals surface area (Å²) in [5, 5.41) is 9.73. The normalized spacial score (nSPS) is 16.7. The summed E-state index contributed by atoms with van der Waals surface area (Å²) in [6.07, 6.45) is 15.8. The van der Waals surface area contributed by atoms with Gasteiger partial charge in [0.05, 0.1) is 12.3 Å². The number of pyridine rings is 1. The van der Waals surface area contributed by atoms with Crippen molar-refractivity contribution >= 4 is 5.97 Å². The molecular formula is C32H46FNO3. The first-order valence-corrected chi connectivity index (χ1v) is 14.6. The molecule has 204 valence electrons. The van der Waals surface area contributed by atoms with Crippen LogP contribution in [0.5, 0.6) is 5.75 Å². The number of nitrogens with zero attached hydrogens (tertiary/aromatic N) is 1. The van der Waals surface area contributed by atoms with E-state index in [2.05, 4.69) is 24.0 Å². The smallest absolute Gasteiger partial charge is 0.341 e. The lowest BCUT2D eigenvalue weighted by molar-refractivity contribution is -0.158. The molecule has 0 spiro atoms. The van der Waals surface area contributed by atoms with Gasteiger partial charge in [-0.1, -0.05) is 71.3 Å². The van der Waals surface area contributed by atoms with Crippen LogP contribution in [0.15, 0.2) is 42.6 Å². The van der Waals surface area contributed by atoms with Gasteiger partial charge in [0.15, 0.2) is 0 Å². The Labute approximate surface area is 223 Å². The fraction of sp³-hybridized carbons (Fsp3) is 0.625. The number of benzene rings is 1. The predicted octanol–water partition coefficient (Wildman–Crippen LogP) is 8.82. The monoisotopic (exact) mass is 511 g/mol. The zero-order chi connectivity index (χ0) is 26.5. The van der Waals surface area contributed by atoms with Crippen molar-refractivity contribution in [1.29, 1.82) is 0 Å². The quantitative estimate of drug-likeness (QED) is 0.229. The van der Waals surface area contributed by atoms with Crippen molar-refractivity contribution < 1.29 is 19.0 Å². The minimum absolute atomic E-state index is 0.0105. The van der Waals surface area contributed by atoms with E-state index < -0.39 is 17.6 Å². The van der Waals surface area contributed by atoms with Crippen LogP contribution < -0.4 is 4.74 Å². The van der Waals surface area contributed by atoms with Crippen molar-refractivity contribution in [1.82, 2.24) is 4.98 Å². The van der Waals surface area contributed by atoms with E-state index in [-0.39, 0.29) is 12.3 Å². The molecule has 0 aliphatic heterocycles. The van der Waals surface area contributed by atoms with E-state index in [0.717, 1.165) is 36.9 Å². The fourth-order valence-electron chi connectivity index (χ4n) is 5.52. The molecule has 1 unspecified atom stereocenters. The minimum Gasteiger partial charge on any atom is -0.493 e. The summed E-state index contributed by atoms with van der Waals surface area (Å²) in [5.74, 6) is -1.15. The molecule has 1 heterocycles. The molecule has 1 aliphatic rings. The van der Waals surface area contributed by atoms with Gasteiger partial charge in [-0.15, -0.1) is 0 Å². The Balaban J connectivity index is 1.49. The molecule has 0 amide bonds. The number of carboxylic acid groups (broad SMARTS) is 1. The number of aliphatic carboxylic acids is 1. The summed E-state index contributed by atoms with van der Waals surface area (Å²) < 4.78 is 21.7. The molecule has 1 saturated carbocycles. The number of alkyl halides is 1. The van der Waals surface area contributed by atoms with Crippen LogP contribution in [-0.4, -0.2) is 28.3 Å². The largest absolute Gasteiger partial charge is 0.493 e. The molecule has 2 aromatic rings. The molecule has 3 rings (SSSR count). The van der Waals surface area contributed by atoms with Gasteiger partial charge in [-0.3, -0.25) is 4.98 Å². The van der Waals surface area contributed by atoms with Crippen molar-refractivity contribution in [3.63, 3.8) is 0 Å². The van der Waals surface area contributed by atoms with Gasteiger partial charge >= 0.3 is 5.97 Å². The first-order chi connectivity index (χ1) is 18.0. The maximum Gasteiger partial charge on any atom is 0.341 e. The van der Waals surface area contributed by atoms with Crippen molar-refractivity contribution in [2.24, 2.45) is 11.8 Å². The van der Waals surface area contributed by atoms with Crippen molar-refractivity contribution in [3.05, 3.63) is 48.2 Å². The molecule has 0 saturated heterocycles. The van der Waals surface area contributed by atoms with Gasteiger partial charge in [-0.25, -0.2) is 9.18 Å². The van der Waals surface area contributed by atoms with Crippen LogP contribution in [0.1, 0.15) is 103 Å². The molecule has 1 fully saturated rings. The second-order valence-corrected chi connectivity index (χ2v) is 10.9. The molecule has 5 heteroatoms. The van der Waals surface area contributed by atoms with Crippen LogP contribution in [0.3, 0.4) is 0 Å². The van der Waals surface area contributed by atoms with Crippen LogP contribution in [0.2, 0.25) is 0 Å². The lowest BCUT2D eigenvalue weighted by atomic mass is 9.74. The zero-order valence-electron chi connectivity index (χ0n) is 22.9. The minimum atomic E-state index is -2.17. The maximum absolute atomic E-state index is 15.7. The van der Waals surface area contributed by atoms with E-state index in [1.807, 2.05) is 37.4 Å². The number of carboxylic acids is 1. The first kappa shape index (κ1) is 29.1. The average Bonchev–Trinajstić information content (AvgIpc) is 2.94. The predicted molar refractivity (Wildman–Crippen MR) is 149 cm³/mol. The number of unbranched alkanes of at least 4 members (excludes halogenated alkanes) is 5. The molecule has 4 nitrogen and oxygen atoms in total. The summed E-state index contributed by atoms with van der Waals surface area (Å²) in [6.45, 7) is 4.53. The Kier molecular flexibility index (Phi) is 11.9. The Bertz CT molecular complexity index is 924. The van der Waals surface area contributed by atoms with Crippen molar-refractivity contribution in [2.75, 3.05) is 6.61 Å². The zero-order valence-corrected chi connectivity index (χ0v) is 22.9. The molecule has 1 aromatic carbocycles. The number of carbonyl (C=O) groups is 1. The van der Waals surface area contributed by atoms with Gasteiger partial charge in [-0.2, -0.15) is 0 Å². The number of ether oxygens (including phenoxy) is 1. The number of hydrogen-bond donors (Lipinski definition) is 1. The lowest BCUT2D eigenvalue weighted by Crippen LogP contribution is -2.44. The van der Waals surface area contributed by atoms with Gasteiger partial charge in [0.2, 0.25) is 5.67 Å². The highest BCUT2D eigenvalue weighted by Crippen LogP contribution is 2.40. The topological polar surface area (TPSA) is 59.4 Å². The number of hydrogen-bond acceptors (Lipinski definition) is 3. The number of halogens is 1. The number of aryl methyl sites for hydroxylation is 1. The molecular weight excluding hydrogens is 465 g/mol. The molecule has 1 N–H and O–H groups in total. The Hall–Kier alpha value is -2.43. The summed E-state index contributed by atoms with van der Waals surface area (Å²) in [5.41, 5.74) is 1.07. The molecule has 37 heavy (non-hydrogen) atoms. The third kappa shape index (κ3) is 8.83. The van der Waals surface area contributed by atoms with Gasteiger partial charge in [0.25, 0.3) is 0 Å². The number of aromatic nitrogens is 1. The first-order valence-electron chi connectivity index (χ1n) is 14.6. The van der Waals surface area contributed by atoms with Gasteiger partial charge < -0.3 is 9.84 Å². The van der Waals surface area contributed by atoms with Crippen LogP contribution in [0.25, 0.3) is 11.3 Å². The molecule has 2 atom stereocenters. The molecule has 1 aromatic heterocycles. The van der Waals surface area contributed by atoms with E-state index in [0.29, 0.717) is 31.6 Å². The SMILES string of the molecule is CCCCCCCCc1ccc(-c2ccc(OCC(CC)C[C@@](F)(C(=O)O)C3CCCCC3)cc2)nc1.